The largest absolute Gasteiger partial charge is 0.335 e. The summed E-state index contributed by atoms with van der Waals surface area (Å²) in [4.78, 5) is 19.4. The van der Waals surface area contributed by atoms with Crippen LogP contribution in [-0.4, -0.2) is 22.8 Å². The standard InChI is InChI=1S/C16H13BrN2OS2/c1-19(16(20)9-7-11-6-8-14(17)21-11)10-15-18-12-4-2-3-5-13(12)22-15/h2-9H,10H2,1H3/b9-7+. The van der Waals surface area contributed by atoms with Gasteiger partial charge < -0.3 is 4.90 Å². The summed E-state index contributed by atoms with van der Waals surface area (Å²) in [5.74, 6) is -0.0243. The van der Waals surface area contributed by atoms with E-state index in [1.54, 1.807) is 40.7 Å². The van der Waals surface area contributed by atoms with E-state index in [4.69, 9.17) is 0 Å². The number of carbonyl (C=O) groups is 1. The Morgan fingerprint density at radius 3 is 2.82 bits per heavy atom. The summed E-state index contributed by atoms with van der Waals surface area (Å²) in [7, 11) is 1.79. The van der Waals surface area contributed by atoms with Gasteiger partial charge in [0, 0.05) is 18.0 Å². The SMILES string of the molecule is CN(Cc1nc2ccccc2s1)C(=O)/C=C/c1ccc(Br)s1. The van der Waals surface area contributed by atoms with E-state index in [2.05, 4.69) is 20.9 Å². The van der Waals surface area contributed by atoms with Crippen LogP contribution in [0.25, 0.3) is 16.3 Å². The number of fused-ring (bicyclic) bond motifs is 1. The number of halogens is 1. The van der Waals surface area contributed by atoms with Gasteiger partial charge >= 0.3 is 0 Å². The van der Waals surface area contributed by atoms with Crippen molar-refractivity contribution in [3.05, 3.63) is 56.1 Å². The molecule has 3 nitrogen and oxygen atoms in total. The topological polar surface area (TPSA) is 33.2 Å². The monoisotopic (exact) mass is 392 g/mol. The van der Waals surface area contributed by atoms with E-state index in [-0.39, 0.29) is 5.91 Å². The molecule has 0 aliphatic heterocycles. The van der Waals surface area contributed by atoms with Gasteiger partial charge in [0.25, 0.3) is 0 Å². The quantitative estimate of drug-likeness (QED) is 0.597. The molecule has 3 aromatic rings. The van der Waals surface area contributed by atoms with E-state index in [0.717, 1.165) is 23.9 Å². The molecule has 0 bridgehead atoms. The van der Waals surface area contributed by atoms with Gasteiger partial charge in [-0.3, -0.25) is 4.79 Å². The Hall–Kier alpha value is -1.50. The van der Waals surface area contributed by atoms with Crippen LogP contribution in [0, 0.1) is 0 Å². The summed E-state index contributed by atoms with van der Waals surface area (Å²) >= 11 is 6.64. The van der Waals surface area contributed by atoms with Gasteiger partial charge in [0.1, 0.15) is 5.01 Å². The Kier molecular flexibility index (Phi) is 4.71. The number of amides is 1. The minimum absolute atomic E-state index is 0.0243. The summed E-state index contributed by atoms with van der Waals surface area (Å²) < 4.78 is 2.21. The van der Waals surface area contributed by atoms with Crippen molar-refractivity contribution < 1.29 is 4.79 Å². The number of aromatic nitrogens is 1. The van der Waals surface area contributed by atoms with Crippen LogP contribution >= 0.6 is 38.6 Å². The third kappa shape index (κ3) is 3.63. The highest BCUT2D eigenvalue weighted by Gasteiger charge is 2.10. The van der Waals surface area contributed by atoms with Gasteiger partial charge in [0.15, 0.2) is 0 Å². The molecule has 0 saturated heterocycles. The molecule has 0 unspecified atom stereocenters. The Bertz CT molecular complexity index is 804. The Morgan fingerprint density at radius 2 is 2.09 bits per heavy atom. The van der Waals surface area contributed by atoms with Crippen LogP contribution in [0.4, 0.5) is 0 Å². The van der Waals surface area contributed by atoms with E-state index in [9.17, 15) is 4.79 Å². The van der Waals surface area contributed by atoms with E-state index >= 15 is 0 Å². The molecule has 1 amide bonds. The molecule has 0 aliphatic rings. The molecule has 0 saturated carbocycles. The summed E-state index contributed by atoms with van der Waals surface area (Å²) in [6, 6.07) is 12.0. The molecule has 1 aromatic carbocycles. The fourth-order valence-electron chi connectivity index (χ4n) is 1.97. The van der Waals surface area contributed by atoms with E-state index in [1.165, 1.54) is 0 Å². The first-order valence-corrected chi connectivity index (χ1v) is 9.07. The van der Waals surface area contributed by atoms with Crippen LogP contribution in [0.3, 0.4) is 0 Å². The molecule has 2 aromatic heterocycles. The van der Waals surface area contributed by atoms with Gasteiger partial charge in [-0.15, -0.1) is 22.7 Å². The van der Waals surface area contributed by atoms with Gasteiger partial charge in [-0.1, -0.05) is 12.1 Å². The second kappa shape index (κ2) is 6.73. The maximum atomic E-state index is 12.2. The Labute approximate surface area is 145 Å². The van der Waals surface area contributed by atoms with Crippen molar-refractivity contribution in [2.45, 2.75) is 6.54 Å². The minimum atomic E-state index is -0.0243. The molecule has 0 atom stereocenters. The van der Waals surface area contributed by atoms with Crippen LogP contribution in [0.1, 0.15) is 9.88 Å². The fraction of sp³-hybridized carbons (Fsp3) is 0.125. The Balaban J connectivity index is 1.66. The normalized spacial score (nSPS) is 11.4. The number of rotatable bonds is 4. The number of nitrogens with zero attached hydrogens (tertiary/aromatic N) is 2. The number of carbonyl (C=O) groups excluding carboxylic acids is 1. The second-order valence-electron chi connectivity index (χ2n) is 4.74. The third-order valence-corrected chi connectivity index (χ3v) is 5.68. The van der Waals surface area contributed by atoms with Crippen molar-refractivity contribution in [1.82, 2.24) is 9.88 Å². The van der Waals surface area contributed by atoms with Crippen LogP contribution < -0.4 is 0 Å². The number of thiazole rings is 1. The zero-order chi connectivity index (χ0) is 15.5. The van der Waals surface area contributed by atoms with Crippen molar-refractivity contribution in [1.29, 1.82) is 0 Å². The number of thiophene rings is 1. The van der Waals surface area contributed by atoms with Gasteiger partial charge in [0.05, 0.1) is 20.5 Å². The number of likely N-dealkylation sites (N-methyl/N-ethyl adjacent to an activating group) is 1. The van der Waals surface area contributed by atoms with E-state index < -0.39 is 0 Å². The highest BCUT2D eigenvalue weighted by atomic mass is 79.9. The van der Waals surface area contributed by atoms with Crippen LogP contribution in [0.5, 0.6) is 0 Å². The average molecular weight is 393 g/mol. The van der Waals surface area contributed by atoms with Gasteiger partial charge in [-0.25, -0.2) is 4.98 Å². The van der Waals surface area contributed by atoms with Crippen LogP contribution in [0.15, 0.2) is 46.3 Å². The highest BCUT2D eigenvalue weighted by molar-refractivity contribution is 9.11. The summed E-state index contributed by atoms with van der Waals surface area (Å²) in [6.07, 6.45) is 3.44. The van der Waals surface area contributed by atoms with Gasteiger partial charge in [-0.2, -0.15) is 0 Å². The van der Waals surface area contributed by atoms with Crippen molar-refractivity contribution in [2.24, 2.45) is 0 Å². The zero-order valence-electron chi connectivity index (χ0n) is 11.8. The summed E-state index contributed by atoms with van der Waals surface area (Å²) in [5.41, 5.74) is 0.988. The molecule has 0 spiro atoms. The fourth-order valence-corrected chi connectivity index (χ4v) is 4.31. The lowest BCUT2D eigenvalue weighted by Crippen LogP contribution is -2.23. The molecule has 0 aliphatic carbocycles. The number of hydrogen-bond donors (Lipinski definition) is 0. The molecule has 3 rings (SSSR count). The molecular formula is C16H13BrN2OS2. The lowest BCUT2D eigenvalue weighted by atomic mass is 10.3. The maximum Gasteiger partial charge on any atom is 0.246 e. The second-order valence-corrected chi connectivity index (χ2v) is 8.35. The summed E-state index contributed by atoms with van der Waals surface area (Å²) in [5, 5.41) is 0.948. The first-order chi connectivity index (χ1) is 10.6. The van der Waals surface area contributed by atoms with Crippen molar-refractivity contribution in [3.63, 3.8) is 0 Å². The number of hydrogen-bond acceptors (Lipinski definition) is 4. The summed E-state index contributed by atoms with van der Waals surface area (Å²) in [6.45, 7) is 0.524. The first-order valence-electron chi connectivity index (χ1n) is 6.65. The van der Waals surface area contributed by atoms with Crippen LogP contribution in [0.2, 0.25) is 0 Å². The molecule has 22 heavy (non-hydrogen) atoms. The molecule has 2 heterocycles. The molecule has 0 N–H and O–H groups in total. The third-order valence-electron chi connectivity index (χ3n) is 3.07. The molecule has 6 heteroatoms. The highest BCUT2D eigenvalue weighted by Crippen LogP contribution is 2.24. The molecule has 0 radical (unpaired) electrons. The van der Waals surface area contributed by atoms with Crippen molar-refractivity contribution in [3.8, 4) is 0 Å². The molecule has 0 fully saturated rings. The predicted octanol–water partition coefficient (Wildman–Crippen LogP) is 4.79. The lowest BCUT2D eigenvalue weighted by molar-refractivity contribution is -0.125. The van der Waals surface area contributed by atoms with Crippen LogP contribution in [-0.2, 0) is 11.3 Å². The minimum Gasteiger partial charge on any atom is -0.335 e. The van der Waals surface area contributed by atoms with Crippen molar-refractivity contribution >= 4 is 60.8 Å². The number of benzene rings is 1. The number of para-hydroxylation sites is 1. The zero-order valence-corrected chi connectivity index (χ0v) is 15.0. The van der Waals surface area contributed by atoms with Gasteiger partial charge in [-0.05, 0) is 46.3 Å². The predicted molar refractivity (Wildman–Crippen MR) is 97.1 cm³/mol. The lowest BCUT2D eigenvalue weighted by Gasteiger charge is -2.12. The van der Waals surface area contributed by atoms with E-state index in [1.807, 2.05) is 42.5 Å². The maximum absolute atomic E-state index is 12.2. The molecular weight excluding hydrogens is 380 g/mol. The first kappa shape index (κ1) is 15.4. The average Bonchev–Trinajstić information content (AvgIpc) is 3.09. The van der Waals surface area contributed by atoms with Gasteiger partial charge in [0.2, 0.25) is 5.91 Å². The molecule has 112 valence electrons. The smallest absolute Gasteiger partial charge is 0.246 e. The van der Waals surface area contributed by atoms with Crippen molar-refractivity contribution in [2.75, 3.05) is 7.05 Å². The van der Waals surface area contributed by atoms with E-state index in [0.29, 0.717) is 6.54 Å². The Morgan fingerprint density at radius 1 is 1.27 bits per heavy atom.